The molecule has 1 amide bonds. The van der Waals surface area contributed by atoms with Gasteiger partial charge < -0.3 is 5.32 Å². The summed E-state index contributed by atoms with van der Waals surface area (Å²) in [5.74, 6) is -0.923. The molecule has 0 aliphatic rings. The summed E-state index contributed by atoms with van der Waals surface area (Å²) in [6.45, 7) is 1.67. The van der Waals surface area contributed by atoms with Gasteiger partial charge in [0.25, 0.3) is 10.0 Å². The number of benzene rings is 2. The van der Waals surface area contributed by atoms with E-state index in [0.717, 1.165) is 16.9 Å². The molecule has 3 aromatic rings. The Labute approximate surface area is 167 Å². The minimum Gasteiger partial charge on any atom is -0.324 e. The van der Waals surface area contributed by atoms with Crippen LogP contribution in [-0.2, 0) is 21.2 Å². The minimum atomic E-state index is -3.84. The van der Waals surface area contributed by atoms with Crippen LogP contribution in [0.1, 0.15) is 11.1 Å². The van der Waals surface area contributed by atoms with Crippen molar-refractivity contribution in [1.82, 2.24) is 4.72 Å². The lowest BCUT2D eigenvalue weighted by atomic mass is 10.1. The monoisotopic (exact) mass is 418 g/mol. The fourth-order valence-corrected chi connectivity index (χ4v) is 4.89. The lowest BCUT2D eigenvalue weighted by Crippen LogP contribution is -2.45. The molecule has 1 heterocycles. The van der Waals surface area contributed by atoms with Gasteiger partial charge in [0.2, 0.25) is 5.91 Å². The van der Waals surface area contributed by atoms with Crippen LogP contribution >= 0.6 is 11.3 Å². The number of aryl methyl sites for hydroxylation is 1. The second kappa shape index (κ2) is 8.64. The molecule has 0 saturated heterocycles. The zero-order valence-electron chi connectivity index (χ0n) is 15.1. The number of thiophene rings is 1. The Kier molecular flexibility index (Phi) is 6.23. The standard InChI is InChI=1S/C20H19FN2O3S2/c1-14-12-16(21)9-10-17(14)22-20(24)18(13-15-6-3-2-4-7-15)23-28(25,26)19-8-5-11-27-19/h2-12,18,23H,13H2,1H3,(H,22,24)/t18-/m1/s1. The molecule has 1 atom stereocenters. The van der Waals surface area contributed by atoms with E-state index in [2.05, 4.69) is 10.0 Å². The third-order valence-electron chi connectivity index (χ3n) is 4.10. The molecule has 8 heteroatoms. The molecule has 0 spiro atoms. The number of anilines is 1. The van der Waals surface area contributed by atoms with Crippen molar-refractivity contribution in [2.24, 2.45) is 0 Å². The van der Waals surface area contributed by atoms with Crippen LogP contribution in [0.3, 0.4) is 0 Å². The van der Waals surface area contributed by atoms with E-state index in [0.29, 0.717) is 11.3 Å². The quantitative estimate of drug-likeness (QED) is 0.614. The van der Waals surface area contributed by atoms with Crippen LogP contribution in [-0.4, -0.2) is 20.4 Å². The third kappa shape index (κ3) is 5.03. The number of halogens is 1. The third-order valence-corrected chi connectivity index (χ3v) is 6.97. The molecule has 146 valence electrons. The summed E-state index contributed by atoms with van der Waals surface area (Å²) in [7, 11) is -3.84. The predicted molar refractivity (Wildman–Crippen MR) is 108 cm³/mol. The van der Waals surface area contributed by atoms with Crippen LogP contribution in [0, 0.1) is 12.7 Å². The van der Waals surface area contributed by atoms with Crippen LogP contribution in [0.5, 0.6) is 0 Å². The van der Waals surface area contributed by atoms with E-state index in [9.17, 15) is 17.6 Å². The first-order chi connectivity index (χ1) is 13.3. The summed E-state index contributed by atoms with van der Waals surface area (Å²) < 4.78 is 41.2. The summed E-state index contributed by atoms with van der Waals surface area (Å²) in [4.78, 5) is 12.9. The molecule has 0 fully saturated rings. The van der Waals surface area contributed by atoms with Gasteiger partial charge in [0.15, 0.2) is 0 Å². The van der Waals surface area contributed by atoms with E-state index in [1.807, 2.05) is 30.3 Å². The van der Waals surface area contributed by atoms with Gasteiger partial charge in [-0.3, -0.25) is 4.79 Å². The smallest absolute Gasteiger partial charge is 0.250 e. The molecule has 0 aliphatic carbocycles. The maximum atomic E-state index is 13.3. The molecule has 0 aliphatic heterocycles. The van der Waals surface area contributed by atoms with Crippen molar-refractivity contribution in [3.8, 4) is 0 Å². The molecular weight excluding hydrogens is 399 g/mol. The summed E-state index contributed by atoms with van der Waals surface area (Å²) in [5.41, 5.74) is 1.79. The van der Waals surface area contributed by atoms with Crippen molar-refractivity contribution in [1.29, 1.82) is 0 Å². The highest BCUT2D eigenvalue weighted by Gasteiger charge is 2.27. The molecule has 0 bridgehead atoms. The number of carbonyl (C=O) groups is 1. The van der Waals surface area contributed by atoms with Gasteiger partial charge in [0.05, 0.1) is 0 Å². The SMILES string of the molecule is Cc1cc(F)ccc1NC(=O)[C@@H](Cc1ccccc1)NS(=O)(=O)c1cccs1. The van der Waals surface area contributed by atoms with E-state index < -0.39 is 27.8 Å². The highest BCUT2D eigenvalue weighted by atomic mass is 32.2. The summed E-state index contributed by atoms with van der Waals surface area (Å²) >= 11 is 1.07. The molecule has 3 rings (SSSR count). The molecule has 1 aromatic heterocycles. The molecule has 5 nitrogen and oxygen atoms in total. The second-order valence-electron chi connectivity index (χ2n) is 6.24. The van der Waals surface area contributed by atoms with E-state index in [-0.39, 0.29) is 10.6 Å². The van der Waals surface area contributed by atoms with Gasteiger partial charge in [-0.15, -0.1) is 11.3 Å². The Hall–Kier alpha value is -2.55. The Balaban J connectivity index is 1.85. The lowest BCUT2D eigenvalue weighted by molar-refractivity contribution is -0.117. The van der Waals surface area contributed by atoms with E-state index >= 15 is 0 Å². The van der Waals surface area contributed by atoms with Crippen LogP contribution in [0.15, 0.2) is 70.3 Å². The fraction of sp³-hybridized carbons (Fsp3) is 0.150. The van der Waals surface area contributed by atoms with Crippen LogP contribution < -0.4 is 10.0 Å². The highest BCUT2D eigenvalue weighted by Crippen LogP contribution is 2.19. The van der Waals surface area contributed by atoms with E-state index in [1.54, 1.807) is 18.4 Å². The Morgan fingerprint density at radius 1 is 1.11 bits per heavy atom. The van der Waals surface area contributed by atoms with Crippen LogP contribution in [0.25, 0.3) is 0 Å². The van der Waals surface area contributed by atoms with Crippen molar-refractivity contribution in [2.45, 2.75) is 23.6 Å². The normalized spacial score (nSPS) is 12.5. The van der Waals surface area contributed by atoms with Gasteiger partial charge in [0.1, 0.15) is 16.1 Å². The van der Waals surface area contributed by atoms with Crippen molar-refractivity contribution >= 4 is 33.0 Å². The summed E-state index contributed by atoms with van der Waals surface area (Å²) in [6, 6.07) is 15.2. The van der Waals surface area contributed by atoms with Gasteiger partial charge in [0, 0.05) is 5.69 Å². The highest BCUT2D eigenvalue weighted by molar-refractivity contribution is 7.91. The zero-order chi connectivity index (χ0) is 20.1. The van der Waals surface area contributed by atoms with Gasteiger partial charge >= 0.3 is 0 Å². The number of sulfonamides is 1. The number of carbonyl (C=O) groups excluding carboxylic acids is 1. The molecule has 28 heavy (non-hydrogen) atoms. The molecular formula is C20H19FN2O3S2. The predicted octanol–water partition coefficient (Wildman–Crippen LogP) is 3.72. The average molecular weight is 419 g/mol. The summed E-state index contributed by atoms with van der Waals surface area (Å²) in [5, 5.41) is 4.35. The first-order valence-electron chi connectivity index (χ1n) is 8.52. The van der Waals surface area contributed by atoms with Crippen molar-refractivity contribution in [2.75, 3.05) is 5.32 Å². The average Bonchev–Trinajstić information content (AvgIpc) is 3.20. The maximum absolute atomic E-state index is 13.3. The van der Waals surface area contributed by atoms with Crippen molar-refractivity contribution < 1.29 is 17.6 Å². The minimum absolute atomic E-state index is 0.135. The summed E-state index contributed by atoms with van der Waals surface area (Å²) in [6.07, 6.45) is 0.178. The number of hydrogen-bond donors (Lipinski definition) is 2. The van der Waals surface area contributed by atoms with E-state index in [1.165, 1.54) is 24.3 Å². The van der Waals surface area contributed by atoms with Gasteiger partial charge in [-0.25, -0.2) is 12.8 Å². The largest absolute Gasteiger partial charge is 0.324 e. The zero-order valence-corrected chi connectivity index (χ0v) is 16.7. The van der Waals surface area contributed by atoms with Gasteiger partial charge in [-0.2, -0.15) is 4.72 Å². The van der Waals surface area contributed by atoms with Gasteiger partial charge in [-0.05, 0) is 54.1 Å². The van der Waals surface area contributed by atoms with Crippen LogP contribution in [0.4, 0.5) is 10.1 Å². The van der Waals surface area contributed by atoms with Crippen LogP contribution in [0.2, 0.25) is 0 Å². The number of amides is 1. The fourth-order valence-electron chi connectivity index (χ4n) is 2.69. The van der Waals surface area contributed by atoms with Crippen molar-refractivity contribution in [3.05, 3.63) is 83.0 Å². The molecule has 0 unspecified atom stereocenters. The van der Waals surface area contributed by atoms with E-state index in [4.69, 9.17) is 0 Å². The molecule has 2 aromatic carbocycles. The van der Waals surface area contributed by atoms with Crippen molar-refractivity contribution in [3.63, 3.8) is 0 Å². The number of hydrogen-bond acceptors (Lipinski definition) is 4. The maximum Gasteiger partial charge on any atom is 0.250 e. The molecule has 2 N–H and O–H groups in total. The lowest BCUT2D eigenvalue weighted by Gasteiger charge is -2.19. The molecule has 0 radical (unpaired) electrons. The Bertz CT molecular complexity index is 1050. The Morgan fingerprint density at radius 2 is 1.86 bits per heavy atom. The number of nitrogens with one attached hydrogen (secondary N) is 2. The second-order valence-corrected chi connectivity index (χ2v) is 9.13. The number of rotatable bonds is 7. The topological polar surface area (TPSA) is 75.3 Å². The molecule has 0 saturated carbocycles. The first-order valence-corrected chi connectivity index (χ1v) is 10.9. The van der Waals surface area contributed by atoms with Gasteiger partial charge in [-0.1, -0.05) is 36.4 Å². The first kappa shape index (κ1) is 20.2. The Morgan fingerprint density at radius 3 is 2.50 bits per heavy atom.